The molecule has 242 valence electrons. The number of fused-ring (bicyclic) bond motifs is 1. The molecule has 4 rings (SSSR count). The van der Waals surface area contributed by atoms with Crippen LogP contribution in [-0.2, 0) is 20.7 Å². The predicted octanol–water partition coefficient (Wildman–Crippen LogP) is 4.86. The molecule has 3 N–H and O–H groups in total. The number of aromatic amines is 1. The van der Waals surface area contributed by atoms with Gasteiger partial charge in [-0.3, -0.25) is 9.59 Å². The number of phenolic OH excluding ortho intramolecular Hbond substituents is 1. The van der Waals surface area contributed by atoms with Crippen molar-refractivity contribution in [3.8, 4) is 34.3 Å². The molecule has 2 aromatic heterocycles. The van der Waals surface area contributed by atoms with Crippen molar-refractivity contribution in [3.05, 3.63) is 88.1 Å². The quantitative estimate of drug-likeness (QED) is 0.129. The molecule has 0 unspecified atom stereocenters. The highest BCUT2D eigenvalue weighted by Gasteiger charge is 2.25. The number of aromatic hydroxyl groups is 1. The number of esters is 1. The summed E-state index contributed by atoms with van der Waals surface area (Å²) in [7, 11) is 1.21. The lowest BCUT2D eigenvalue weighted by molar-refractivity contribution is -0.145. The number of hydrogen-bond acceptors (Lipinski definition) is 10. The fourth-order valence-electron chi connectivity index (χ4n) is 4.30. The summed E-state index contributed by atoms with van der Waals surface area (Å²) in [6.07, 6.45) is 6.87. The lowest BCUT2D eigenvalue weighted by Crippen LogP contribution is -2.45. The van der Waals surface area contributed by atoms with Crippen molar-refractivity contribution in [2.24, 2.45) is 0 Å². The van der Waals surface area contributed by atoms with Gasteiger partial charge < -0.3 is 38.8 Å². The van der Waals surface area contributed by atoms with E-state index in [9.17, 15) is 19.5 Å². The SMILES string of the molecule is COC(=O)[C@H](Cc1cnc[nH]1)NC(=O)COc1c(-c2ccc(OCC=C(C)C)cc2)oc2cc(OCC=C(C)C)cc(O)c2c1=O. The van der Waals surface area contributed by atoms with Gasteiger partial charge in [-0.2, -0.15) is 0 Å². The van der Waals surface area contributed by atoms with Gasteiger partial charge in [-0.1, -0.05) is 11.1 Å². The number of rotatable bonds is 14. The number of imidazole rings is 1. The third kappa shape index (κ3) is 8.78. The van der Waals surface area contributed by atoms with Crippen LogP contribution in [0.2, 0.25) is 0 Å². The van der Waals surface area contributed by atoms with Crippen LogP contribution in [0.4, 0.5) is 0 Å². The number of allylic oxidation sites excluding steroid dienone is 2. The monoisotopic (exact) mass is 631 g/mol. The molecule has 0 aliphatic rings. The number of aromatic nitrogens is 2. The highest BCUT2D eigenvalue weighted by atomic mass is 16.5. The Labute approximate surface area is 265 Å². The van der Waals surface area contributed by atoms with Crippen LogP contribution in [-0.4, -0.2) is 59.9 Å². The Bertz CT molecular complexity index is 1780. The van der Waals surface area contributed by atoms with Gasteiger partial charge in [0.15, 0.2) is 12.4 Å². The number of methoxy groups -OCH3 is 1. The summed E-state index contributed by atoms with van der Waals surface area (Å²) in [6, 6.07) is 8.56. The zero-order valence-corrected chi connectivity index (χ0v) is 26.3. The molecular formula is C34H37N3O9. The van der Waals surface area contributed by atoms with Crippen molar-refractivity contribution >= 4 is 22.8 Å². The van der Waals surface area contributed by atoms with Gasteiger partial charge >= 0.3 is 5.97 Å². The topological polar surface area (TPSA) is 162 Å². The minimum absolute atomic E-state index is 0.0176. The largest absolute Gasteiger partial charge is 0.507 e. The van der Waals surface area contributed by atoms with E-state index in [0.29, 0.717) is 29.4 Å². The molecule has 4 aromatic rings. The van der Waals surface area contributed by atoms with Crippen LogP contribution in [0.25, 0.3) is 22.3 Å². The number of nitrogens with one attached hydrogen (secondary N) is 2. The molecule has 0 bridgehead atoms. The van der Waals surface area contributed by atoms with E-state index in [1.165, 1.54) is 31.8 Å². The first-order chi connectivity index (χ1) is 22.0. The molecular weight excluding hydrogens is 594 g/mol. The molecule has 12 heteroatoms. The van der Waals surface area contributed by atoms with Crippen molar-refractivity contribution in [2.75, 3.05) is 26.9 Å². The van der Waals surface area contributed by atoms with Gasteiger partial charge in [-0.25, -0.2) is 9.78 Å². The Morgan fingerprint density at radius 2 is 1.67 bits per heavy atom. The molecule has 0 aliphatic carbocycles. The minimum Gasteiger partial charge on any atom is -0.507 e. The molecule has 1 atom stereocenters. The number of hydrogen-bond donors (Lipinski definition) is 3. The summed E-state index contributed by atoms with van der Waals surface area (Å²) in [5.41, 5.74) is 2.57. The Kier molecular flexibility index (Phi) is 11.2. The summed E-state index contributed by atoms with van der Waals surface area (Å²) in [6.45, 7) is 7.80. The summed E-state index contributed by atoms with van der Waals surface area (Å²) >= 11 is 0. The van der Waals surface area contributed by atoms with Gasteiger partial charge in [0.1, 0.15) is 47.5 Å². The number of carbonyl (C=O) groups is 2. The van der Waals surface area contributed by atoms with Gasteiger partial charge in [0, 0.05) is 36.0 Å². The molecule has 2 aromatic carbocycles. The maximum Gasteiger partial charge on any atom is 0.328 e. The molecule has 0 saturated heterocycles. The van der Waals surface area contributed by atoms with E-state index in [-0.39, 0.29) is 41.3 Å². The van der Waals surface area contributed by atoms with Gasteiger partial charge in [0.25, 0.3) is 5.91 Å². The third-order valence-electron chi connectivity index (χ3n) is 6.65. The minimum atomic E-state index is -1.04. The third-order valence-corrected chi connectivity index (χ3v) is 6.65. The number of nitrogens with zero attached hydrogens (tertiary/aromatic N) is 1. The molecule has 0 saturated carbocycles. The second-order valence-electron chi connectivity index (χ2n) is 10.8. The molecule has 0 spiro atoms. The molecule has 2 heterocycles. The number of phenols is 1. The first-order valence-corrected chi connectivity index (χ1v) is 14.5. The summed E-state index contributed by atoms with van der Waals surface area (Å²) in [4.78, 5) is 45.9. The van der Waals surface area contributed by atoms with Crippen molar-refractivity contribution in [3.63, 3.8) is 0 Å². The van der Waals surface area contributed by atoms with Gasteiger partial charge in [-0.05, 0) is 64.1 Å². The summed E-state index contributed by atoms with van der Waals surface area (Å²) < 4.78 is 28.2. The van der Waals surface area contributed by atoms with Crippen molar-refractivity contribution in [2.45, 2.75) is 40.2 Å². The molecule has 0 aliphatic heterocycles. The average Bonchev–Trinajstić information content (AvgIpc) is 3.53. The van der Waals surface area contributed by atoms with Gasteiger partial charge in [0.2, 0.25) is 11.2 Å². The van der Waals surface area contributed by atoms with Gasteiger partial charge in [0.05, 0.1) is 13.4 Å². The van der Waals surface area contributed by atoms with Crippen LogP contribution in [0.3, 0.4) is 0 Å². The number of carbonyl (C=O) groups excluding carboxylic acids is 2. The zero-order chi connectivity index (χ0) is 33.2. The van der Waals surface area contributed by atoms with Crippen LogP contribution < -0.4 is 25.0 Å². The number of amides is 1. The summed E-state index contributed by atoms with van der Waals surface area (Å²) in [5.74, 6) is -1.16. The number of benzene rings is 2. The Balaban J connectivity index is 1.67. The van der Waals surface area contributed by atoms with Crippen molar-refractivity contribution in [1.82, 2.24) is 15.3 Å². The molecule has 46 heavy (non-hydrogen) atoms. The Morgan fingerprint density at radius 1 is 1.00 bits per heavy atom. The predicted molar refractivity (Wildman–Crippen MR) is 171 cm³/mol. The van der Waals surface area contributed by atoms with Crippen LogP contribution >= 0.6 is 0 Å². The number of H-pyrrole nitrogens is 1. The average molecular weight is 632 g/mol. The van der Waals surface area contributed by atoms with Crippen molar-refractivity contribution < 1.29 is 38.1 Å². The van der Waals surface area contributed by atoms with E-state index < -0.39 is 30.0 Å². The fraction of sp³-hybridized carbons (Fsp3) is 0.294. The lowest BCUT2D eigenvalue weighted by atomic mass is 10.1. The normalized spacial score (nSPS) is 11.3. The fourth-order valence-corrected chi connectivity index (χ4v) is 4.30. The smallest absolute Gasteiger partial charge is 0.328 e. The van der Waals surface area contributed by atoms with E-state index in [4.69, 9.17) is 23.4 Å². The highest BCUT2D eigenvalue weighted by molar-refractivity contribution is 5.89. The van der Waals surface area contributed by atoms with Crippen LogP contribution in [0, 0.1) is 0 Å². The zero-order valence-electron chi connectivity index (χ0n) is 26.3. The Hall–Kier alpha value is -5.52. The second kappa shape index (κ2) is 15.5. The van der Waals surface area contributed by atoms with Crippen LogP contribution in [0.1, 0.15) is 33.4 Å². The van der Waals surface area contributed by atoms with E-state index in [0.717, 1.165) is 11.1 Å². The maximum absolute atomic E-state index is 13.8. The van der Waals surface area contributed by atoms with E-state index in [2.05, 4.69) is 15.3 Å². The van der Waals surface area contributed by atoms with Crippen LogP contribution in [0.5, 0.6) is 23.0 Å². The second-order valence-corrected chi connectivity index (χ2v) is 10.8. The molecule has 0 fully saturated rings. The van der Waals surface area contributed by atoms with E-state index in [1.807, 2.05) is 39.8 Å². The molecule has 12 nitrogen and oxygen atoms in total. The lowest BCUT2D eigenvalue weighted by Gasteiger charge is -2.17. The standard InChI is InChI=1S/C34H37N3O9/c1-20(2)10-12-43-24-8-6-22(7-9-24)32-33(45-18-29(39)37-26(34(41)42-5)14-23-17-35-19-36-23)31(40)30-27(38)15-25(16-28(30)46-32)44-13-11-21(3)4/h6-11,15-17,19,26,38H,12-14,18H2,1-5H3,(H,35,36)(H,37,39)/t26-/m0/s1. The summed E-state index contributed by atoms with van der Waals surface area (Å²) in [5, 5.41) is 13.2. The first kappa shape index (κ1) is 33.4. The highest BCUT2D eigenvalue weighted by Crippen LogP contribution is 2.36. The molecule has 0 radical (unpaired) electrons. The first-order valence-electron chi connectivity index (χ1n) is 14.5. The van der Waals surface area contributed by atoms with E-state index in [1.54, 1.807) is 24.3 Å². The van der Waals surface area contributed by atoms with Crippen molar-refractivity contribution in [1.29, 1.82) is 0 Å². The van der Waals surface area contributed by atoms with E-state index >= 15 is 0 Å². The Morgan fingerprint density at radius 3 is 2.28 bits per heavy atom. The van der Waals surface area contributed by atoms with Crippen LogP contribution in [0.15, 0.2) is 81.4 Å². The maximum atomic E-state index is 13.8. The molecule has 1 amide bonds. The number of ether oxygens (including phenoxy) is 4. The van der Waals surface area contributed by atoms with Gasteiger partial charge in [-0.15, -0.1) is 0 Å².